The first-order chi connectivity index (χ1) is 11.8. The fourth-order valence-electron chi connectivity index (χ4n) is 3.07. The van der Waals surface area contributed by atoms with E-state index in [1.54, 1.807) is 11.8 Å². The molecule has 2 heterocycles. The van der Waals surface area contributed by atoms with Crippen molar-refractivity contribution in [3.05, 3.63) is 18.2 Å². The van der Waals surface area contributed by atoms with Crippen molar-refractivity contribution in [3.63, 3.8) is 0 Å². The monoisotopic (exact) mass is 350 g/mol. The maximum absolute atomic E-state index is 12.3. The quantitative estimate of drug-likeness (QED) is 0.827. The molecule has 2 aliphatic heterocycles. The number of carbonyl (C=O) groups excluding carboxylic acids is 1. The van der Waals surface area contributed by atoms with Gasteiger partial charge in [0.05, 0.1) is 13.2 Å². The van der Waals surface area contributed by atoms with E-state index in [9.17, 15) is 4.79 Å². The summed E-state index contributed by atoms with van der Waals surface area (Å²) in [5.74, 6) is 2.70. The zero-order valence-electron chi connectivity index (χ0n) is 14.3. The highest BCUT2D eigenvalue weighted by Crippen LogP contribution is 2.34. The zero-order valence-corrected chi connectivity index (χ0v) is 15.1. The Hall–Kier alpha value is -1.40. The minimum atomic E-state index is 0.270. The molecule has 132 valence electrons. The molecule has 1 N–H and O–H groups in total. The Morgan fingerprint density at radius 2 is 2.00 bits per heavy atom. The zero-order chi connectivity index (χ0) is 16.8. The van der Waals surface area contributed by atoms with Crippen LogP contribution >= 0.6 is 11.8 Å². The Labute approximate surface area is 148 Å². The standard InChI is InChI=1S/C18H26N2O3S/c1-19-14-5-8-20(9-6-14)18(21)7-12-24-15-3-4-16-17(13-15)23-11-2-10-22-16/h3-4,13-14,19H,2,5-12H2,1H3. The number of likely N-dealkylation sites (tertiary alicyclic amines) is 1. The van der Waals surface area contributed by atoms with E-state index in [2.05, 4.69) is 5.32 Å². The number of nitrogens with one attached hydrogen (secondary N) is 1. The number of amides is 1. The summed E-state index contributed by atoms with van der Waals surface area (Å²) in [4.78, 5) is 15.4. The third-order valence-corrected chi connectivity index (χ3v) is 5.56. The van der Waals surface area contributed by atoms with Crippen LogP contribution in [-0.2, 0) is 4.79 Å². The Bertz CT molecular complexity index is 559. The van der Waals surface area contributed by atoms with Gasteiger partial charge in [-0.2, -0.15) is 0 Å². The predicted octanol–water partition coefficient (Wildman–Crippen LogP) is 2.54. The molecule has 1 aromatic rings. The maximum Gasteiger partial charge on any atom is 0.223 e. The van der Waals surface area contributed by atoms with Gasteiger partial charge in [0.2, 0.25) is 5.91 Å². The average Bonchev–Trinajstić information content (AvgIpc) is 2.86. The van der Waals surface area contributed by atoms with Crippen LogP contribution in [0, 0.1) is 0 Å². The summed E-state index contributed by atoms with van der Waals surface area (Å²) in [6, 6.07) is 6.59. The number of hydrogen-bond donors (Lipinski definition) is 1. The lowest BCUT2D eigenvalue weighted by molar-refractivity contribution is -0.131. The molecule has 0 aromatic heterocycles. The van der Waals surface area contributed by atoms with Crippen LogP contribution in [0.2, 0.25) is 0 Å². The fourth-order valence-corrected chi connectivity index (χ4v) is 3.93. The van der Waals surface area contributed by atoms with E-state index in [1.807, 2.05) is 30.1 Å². The third-order valence-electron chi connectivity index (χ3n) is 4.56. The first-order valence-electron chi connectivity index (χ1n) is 8.74. The van der Waals surface area contributed by atoms with Gasteiger partial charge in [-0.15, -0.1) is 11.8 Å². The lowest BCUT2D eigenvalue weighted by atomic mass is 10.1. The number of ether oxygens (including phenoxy) is 2. The maximum atomic E-state index is 12.3. The summed E-state index contributed by atoms with van der Waals surface area (Å²) in [7, 11) is 1.99. The van der Waals surface area contributed by atoms with Crippen LogP contribution < -0.4 is 14.8 Å². The molecular formula is C18H26N2O3S. The number of piperidine rings is 1. The second-order valence-electron chi connectivity index (χ2n) is 6.20. The van der Waals surface area contributed by atoms with Crippen molar-refractivity contribution < 1.29 is 14.3 Å². The van der Waals surface area contributed by atoms with Crippen LogP contribution in [0.4, 0.5) is 0 Å². The Morgan fingerprint density at radius 1 is 1.25 bits per heavy atom. The van der Waals surface area contributed by atoms with Gasteiger partial charge in [-0.25, -0.2) is 0 Å². The molecule has 1 saturated heterocycles. The molecule has 0 radical (unpaired) electrons. The second-order valence-corrected chi connectivity index (χ2v) is 7.37. The molecule has 3 rings (SSSR count). The van der Waals surface area contributed by atoms with Crippen LogP contribution in [0.3, 0.4) is 0 Å². The van der Waals surface area contributed by atoms with E-state index >= 15 is 0 Å². The molecule has 0 aliphatic carbocycles. The van der Waals surface area contributed by atoms with Crippen molar-refractivity contribution in [1.82, 2.24) is 10.2 Å². The number of fused-ring (bicyclic) bond motifs is 1. The minimum absolute atomic E-state index is 0.270. The molecule has 1 fully saturated rings. The van der Waals surface area contributed by atoms with Gasteiger partial charge >= 0.3 is 0 Å². The van der Waals surface area contributed by atoms with Gasteiger partial charge in [-0.1, -0.05) is 0 Å². The Balaban J connectivity index is 1.45. The van der Waals surface area contributed by atoms with Crippen LogP contribution in [-0.4, -0.2) is 56.0 Å². The van der Waals surface area contributed by atoms with E-state index < -0.39 is 0 Å². The SMILES string of the molecule is CNC1CCN(C(=O)CCSc2ccc3c(c2)OCCCO3)CC1. The summed E-state index contributed by atoms with van der Waals surface area (Å²) in [5, 5.41) is 3.29. The number of thioether (sulfide) groups is 1. The Morgan fingerprint density at radius 3 is 2.75 bits per heavy atom. The van der Waals surface area contributed by atoms with Crippen LogP contribution in [0.5, 0.6) is 11.5 Å². The molecule has 1 amide bonds. The molecule has 0 unspecified atom stereocenters. The van der Waals surface area contributed by atoms with Gasteiger partial charge in [0.15, 0.2) is 11.5 Å². The van der Waals surface area contributed by atoms with Gasteiger partial charge in [0.1, 0.15) is 0 Å². The van der Waals surface area contributed by atoms with Crippen molar-refractivity contribution in [2.24, 2.45) is 0 Å². The normalized spacial score (nSPS) is 18.3. The highest BCUT2D eigenvalue weighted by atomic mass is 32.2. The van der Waals surface area contributed by atoms with E-state index in [4.69, 9.17) is 9.47 Å². The van der Waals surface area contributed by atoms with Crippen LogP contribution in [0.25, 0.3) is 0 Å². The van der Waals surface area contributed by atoms with Gasteiger partial charge < -0.3 is 19.7 Å². The molecule has 24 heavy (non-hydrogen) atoms. The topological polar surface area (TPSA) is 50.8 Å². The average molecular weight is 350 g/mol. The molecule has 1 aromatic carbocycles. The van der Waals surface area contributed by atoms with E-state index in [1.165, 1.54) is 0 Å². The van der Waals surface area contributed by atoms with Gasteiger partial charge in [0, 0.05) is 42.6 Å². The third kappa shape index (κ3) is 4.57. The van der Waals surface area contributed by atoms with Gasteiger partial charge in [0.25, 0.3) is 0 Å². The minimum Gasteiger partial charge on any atom is -0.490 e. The number of nitrogens with zero attached hydrogens (tertiary/aromatic N) is 1. The highest BCUT2D eigenvalue weighted by Gasteiger charge is 2.21. The molecule has 5 nitrogen and oxygen atoms in total. The highest BCUT2D eigenvalue weighted by molar-refractivity contribution is 7.99. The van der Waals surface area contributed by atoms with Crippen molar-refractivity contribution in [3.8, 4) is 11.5 Å². The number of carbonyl (C=O) groups is 1. The first-order valence-corrected chi connectivity index (χ1v) is 9.72. The molecule has 0 atom stereocenters. The van der Waals surface area contributed by atoms with Crippen molar-refractivity contribution in [2.75, 3.05) is 39.1 Å². The summed E-state index contributed by atoms with van der Waals surface area (Å²) >= 11 is 1.70. The lowest BCUT2D eigenvalue weighted by Crippen LogP contribution is -2.44. The van der Waals surface area contributed by atoms with E-state index in [0.29, 0.717) is 25.7 Å². The largest absolute Gasteiger partial charge is 0.490 e. The van der Waals surface area contributed by atoms with Crippen molar-refractivity contribution in [2.45, 2.75) is 36.6 Å². The summed E-state index contributed by atoms with van der Waals surface area (Å²) in [6.45, 7) is 3.15. The summed E-state index contributed by atoms with van der Waals surface area (Å²) < 4.78 is 11.4. The van der Waals surface area contributed by atoms with Crippen LogP contribution in [0.15, 0.2) is 23.1 Å². The molecule has 2 aliphatic rings. The van der Waals surface area contributed by atoms with E-state index in [0.717, 1.165) is 54.5 Å². The number of hydrogen-bond acceptors (Lipinski definition) is 5. The second kappa shape index (κ2) is 8.62. The summed E-state index contributed by atoms with van der Waals surface area (Å²) in [5.41, 5.74) is 0. The molecule has 0 spiro atoms. The van der Waals surface area contributed by atoms with Gasteiger partial charge in [-0.05, 0) is 38.1 Å². The molecule has 0 saturated carbocycles. The smallest absolute Gasteiger partial charge is 0.223 e. The Kier molecular flexibility index (Phi) is 6.26. The number of rotatable bonds is 5. The van der Waals surface area contributed by atoms with Crippen molar-refractivity contribution >= 4 is 17.7 Å². The van der Waals surface area contributed by atoms with Gasteiger partial charge in [-0.3, -0.25) is 4.79 Å². The number of benzene rings is 1. The van der Waals surface area contributed by atoms with Crippen molar-refractivity contribution in [1.29, 1.82) is 0 Å². The molecule has 6 heteroatoms. The summed E-state index contributed by atoms with van der Waals surface area (Å²) in [6.07, 6.45) is 3.61. The molecule has 0 bridgehead atoms. The fraction of sp³-hybridized carbons (Fsp3) is 0.611. The molecular weight excluding hydrogens is 324 g/mol. The first kappa shape index (κ1) is 17.4. The predicted molar refractivity (Wildman–Crippen MR) is 96.1 cm³/mol. The van der Waals surface area contributed by atoms with Crippen LogP contribution in [0.1, 0.15) is 25.7 Å². The lowest BCUT2D eigenvalue weighted by Gasteiger charge is -2.31. The van der Waals surface area contributed by atoms with E-state index in [-0.39, 0.29) is 5.91 Å².